The number of aliphatic imine (C=N–C) groups is 1. The number of Topliss-reactive ketones (excluding diaryl/α,β-unsaturated/α-hetero) is 1. The van der Waals surface area contributed by atoms with Crippen LogP contribution in [0.1, 0.15) is 15.3 Å². The molecule has 2 N–H and O–H groups in total. The minimum absolute atomic E-state index is 0. The van der Waals surface area contributed by atoms with E-state index in [0.717, 1.165) is 0 Å². The second kappa shape index (κ2) is 3.83. The van der Waals surface area contributed by atoms with Gasteiger partial charge >= 0.3 is 0 Å². The van der Waals surface area contributed by atoms with Crippen molar-refractivity contribution in [1.29, 1.82) is 0 Å². The van der Waals surface area contributed by atoms with Crippen LogP contribution in [-0.2, 0) is 4.79 Å². The number of hydrogen-bond acceptors (Lipinski definition) is 3. The van der Waals surface area contributed by atoms with Crippen LogP contribution in [0.2, 0.25) is 0 Å². The van der Waals surface area contributed by atoms with Crippen LogP contribution in [-0.4, -0.2) is 12.0 Å². The number of rotatable bonds is 2. The number of allylic oxidation sites excluding steroid dienone is 1. The molecule has 0 spiro atoms. The summed E-state index contributed by atoms with van der Waals surface area (Å²) in [4.78, 5) is 14.0. The highest BCUT2D eigenvalue weighted by Gasteiger charge is 1.92. The van der Waals surface area contributed by atoms with Crippen molar-refractivity contribution in [3.05, 3.63) is 11.9 Å². The molecule has 9 heavy (non-hydrogen) atoms. The molecule has 0 saturated carbocycles. The molecule has 0 aliphatic rings. The number of carbonyl (C=O) groups is 1. The van der Waals surface area contributed by atoms with Gasteiger partial charge in [-0.1, -0.05) is 0 Å². The van der Waals surface area contributed by atoms with Crippen LogP contribution in [0.15, 0.2) is 16.9 Å². The van der Waals surface area contributed by atoms with Gasteiger partial charge in [-0.15, -0.1) is 0 Å². The summed E-state index contributed by atoms with van der Waals surface area (Å²) >= 11 is 0. The molecule has 0 saturated heterocycles. The zero-order valence-corrected chi connectivity index (χ0v) is 5.59. The predicted octanol–water partition coefficient (Wildman–Crippen LogP) is 0.712. The first-order valence-corrected chi connectivity index (χ1v) is 2.63. The van der Waals surface area contributed by atoms with Crippen LogP contribution < -0.4 is 5.73 Å². The van der Waals surface area contributed by atoms with E-state index in [0.29, 0.717) is 0 Å². The van der Waals surface area contributed by atoms with Gasteiger partial charge in [-0.05, 0) is 6.92 Å². The lowest BCUT2D eigenvalue weighted by Crippen LogP contribution is -2.05. The number of nitrogens with two attached hydrogens (primary N) is 1. The van der Waals surface area contributed by atoms with Gasteiger partial charge in [0.2, 0.25) is 0 Å². The van der Waals surface area contributed by atoms with Crippen LogP contribution in [0.4, 0.5) is 0 Å². The Morgan fingerprint density at radius 3 is 2.67 bits per heavy atom. The normalized spacial score (nSPS) is 12.4. The molecule has 3 heteroatoms. The molecule has 52 valence electrons. The molecular weight excluding hydrogens is 116 g/mol. The molecule has 0 unspecified atom stereocenters. The Hall–Kier alpha value is -1.12. The van der Waals surface area contributed by atoms with Crippen molar-refractivity contribution in [3.63, 3.8) is 0 Å². The Bertz CT molecular complexity index is 163. The fourth-order valence-corrected chi connectivity index (χ4v) is 0.246. The Morgan fingerprint density at radius 1 is 1.78 bits per heavy atom. The smallest absolute Gasteiger partial charge is 0.176 e. The molecule has 0 aromatic heterocycles. The van der Waals surface area contributed by atoms with Gasteiger partial charge in [0, 0.05) is 14.6 Å². The van der Waals surface area contributed by atoms with Gasteiger partial charge in [-0.25, -0.2) is 0 Å². The first-order valence-electron chi connectivity index (χ1n) is 2.63. The fraction of sp³-hybridized carbons (Fsp3) is 0.333. The number of ketones is 1. The minimum Gasteiger partial charge on any atom is -0.395 e. The number of carbonyl (C=O) groups excluding carboxylic acids is 1. The second-order valence-electron chi connectivity index (χ2n) is 1.55. The molecule has 0 atom stereocenters. The summed E-state index contributed by atoms with van der Waals surface area (Å²) < 4.78 is 0. The van der Waals surface area contributed by atoms with Crippen molar-refractivity contribution in [2.45, 2.75) is 13.8 Å². The van der Waals surface area contributed by atoms with E-state index in [1.54, 1.807) is 13.1 Å². The summed E-state index contributed by atoms with van der Waals surface area (Å²) in [6, 6.07) is 0. The zero-order valence-electron chi connectivity index (χ0n) is 5.59. The van der Waals surface area contributed by atoms with Gasteiger partial charge in [0.05, 0.1) is 11.9 Å². The number of nitrogens with zero attached hydrogens (tertiary/aromatic N) is 1. The van der Waals surface area contributed by atoms with Gasteiger partial charge < -0.3 is 5.73 Å². The summed E-state index contributed by atoms with van der Waals surface area (Å²) in [5, 5.41) is 0. The first kappa shape index (κ1) is 7.88. The van der Waals surface area contributed by atoms with E-state index < -0.39 is 0 Å². The largest absolute Gasteiger partial charge is 0.395 e. The standard InChI is InChI=1S/C6H10N2O.H2/c1-3-8-4-6(7)5(2)9;/h3-4H,7H2,1-2H3;1H/b6-4-,8-3?;. The van der Waals surface area contributed by atoms with E-state index in [2.05, 4.69) is 4.99 Å². The summed E-state index contributed by atoms with van der Waals surface area (Å²) in [5.41, 5.74) is 5.39. The van der Waals surface area contributed by atoms with Crippen molar-refractivity contribution in [1.82, 2.24) is 0 Å². The summed E-state index contributed by atoms with van der Waals surface area (Å²) in [6.07, 6.45) is 2.90. The van der Waals surface area contributed by atoms with E-state index in [1.807, 2.05) is 0 Å². The van der Waals surface area contributed by atoms with Gasteiger partial charge in [-0.3, -0.25) is 9.79 Å². The molecular formula is C6H12N2O. The monoisotopic (exact) mass is 128 g/mol. The second-order valence-corrected chi connectivity index (χ2v) is 1.55. The quantitative estimate of drug-likeness (QED) is 0.440. The van der Waals surface area contributed by atoms with Crippen LogP contribution in [0, 0.1) is 0 Å². The maximum Gasteiger partial charge on any atom is 0.176 e. The zero-order chi connectivity index (χ0) is 7.28. The predicted molar refractivity (Wildman–Crippen MR) is 39.2 cm³/mol. The average molecular weight is 128 g/mol. The lowest BCUT2D eigenvalue weighted by atomic mass is 10.3. The van der Waals surface area contributed by atoms with Crippen molar-refractivity contribution < 1.29 is 6.22 Å². The third kappa shape index (κ3) is 3.46. The topological polar surface area (TPSA) is 55.4 Å². The molecule has 0 amide bonds. The van der Waals surface area contributed by atoms with Crippen molar-refractivity contribution in [2.24, 2.45) is 10.7 Å². The third-order valence-electron chi connectivity index (χ3n) is 0.769. The SMILES string of the molecule is CC=N/C=C(\N)C(C)=O.[HH]. The highest BCUT2D eigenvalue weighted by atomic mass is 16.1. The Morgan fingerprint density at radius 2 is 2.33 bits per heavy atom. The van der Waals surface area contributed by atoms with E-state index >= 15 is 0 Å². The molecule has 0 aromatic carbocycles. The van der Waals surface area contributed by atoms with E-state index in [1.165, 1.54) is 13.1 Å². The van der Waals surface area contributed by atoms with Crippen LogP contribution in [0.25, 0.3) is 0 Å². The Balaban J connectivity index is 0. The first-order chi connectivity index (χ1) is 4.18. The molecule has 0 aliphatic heterocycles. The lowest BCUT2D eigenvalue weighted by molar-refractivity contribution is -0.113. The van der Waals surface area contributed by atoms with Crippen molar-refractivity contribution in [3.8, 4) is 0 Å². The molecule has 0 bridgehead atoms. The van der Waals surface area contributed by atoms with Gasteiger partial charge in [-0.2, -0.15) is 0 Å². The van der Waals surface area contributed by atoms with Crippen LogP contribution >= 0.6 is 0 Å². The number of hydrogen-bond donors (Lipinski definition) is 1. The average Bonchev–Trinajstić information content (AvgIpc) is 1.82. The molecule has 0 aromatic rings. The summed E-state index contributed by atoms with van der Waals surface area (Å²) in [7, 11) is 0. The molecule has 0 aliphatic carbocycles. The summed E-state index contributed by atoms with van der Waals surface area (Å²) in [5.74, 6) is -0.152. The van der Waals surface area contributed by atoms with Gasteiger partial charge in [0.25, 0.3) is 0 Å². The highest BCUT2D eigenvalue weighted by molar-refractivity contribution is 5.92. The molecule has 0 heterocycles. The fourth-order valence-electron chi connectivity index (χ4n) is 0.246. The Labute approximate surface area is 55.8 Å². The van der Waals surface area contributed by atoms with E-state index in [-0.39, 0.29) is 12.9 Å². The highest BCUT2D eigenvalue weighted by Crippen LogP contribution is 1.84. The maximum absolute atomic E-state index is 10.4. The van der Waals surface area contributed by atoms with Gasteiger partial charge in [0.15, 0.2) is 5.78 Å². The van der Waals surface area contributed by atoms with Crippen LogP contribution in [0.5, 0.6) is 0 Å². The molecule has 3 nitrogen and oxygen atoms in total. The molecule has 0 fully saturated rings. The molecule has 0 rings (SSSR count). The van der Waals surface area contributed by atoms with Gasteiger partial charge in [0.1, 0.15) is 0 Å². The van der Waals surface area contributed by atoms with Crippen molar-refractivity contribution in [2.75, 3.05) is 0 Å². The van der Waals surface area contributed by atoms with Crippen LogP contribution in [0.3, 0.4) is 0 Å². The summed E-state index contributed by atoms with van der Waals surface area (Å²) in [6.45, 7) is 3.15. The lowest BCUT2D eigenvalue weighted by Gasteiger charge is -1.87. The third-order valence-corrected chi connectivity index (χ3v) is 0.769. The van der Waals surface area contributed by atoms with Crippen molar-refractivity contribution >= 4 is 12.0 Å². The van der Waals surface area contributed by atoms with E-state index in [9.17, 15) is 4.79 Å². The van der Waals surface area contributed by atoms with E-state index in [4.69, 9.17) is 5.73 Å². The minimum atomic E-state index is -0.152. The molecule has 0 radical (unpaired) electrons. The maximum atomic E-state index is 10.4. The Kier molecular flexibility index (Phi) is 3.35.